The van der Waals surface area contributed by atoms with Crippen molar-refractivity contribution >= 4 is 35.2 Å². The molecule has 1 fully saturated rings. The van der Waals surface area contributed by atoms with E-state index >= 15 is 0 Å². The molecule has 20 heavy (non-hydrogen) atoms. The number of rotatable bonds is 4. The van der Waals surface area contributed by atoms with Crippen LogP contribution in [0.5, 0.6) is 0 Å². The number of carboxylic acid groups (broad SMARTS) is 1. The molecule has 1 aromatic rings. The van der Waals surface area contributed by atoms with Crippen LogP contribution in [0.2, 0.25) is 5.02 Å². The lowest BCUT2D eigenvalue weighted by atomic mass is 10.2. The van der Waals surface area contributed by atoms with E-state index in [1.807, 2.05) is 18.2 Å². The summed E-state index contributed by atoms with van der Waals surface area (Å²) >= 11 is 7.43. The summed E-state index contributed by atoms with van der Waals surface area (Å²) in [6.07, 6.45) is 1.27. The van der Waals surface area contributed by atoms with E-state index in [1.54, 1.807) is 13.0 Å². The van der Waals surface area contributed by atoms with E-state index in [2.05, 4.69) is 0 Å². The Kier molecular flexibility index (Phi) is 4.94. The van der Waals surface area contributed by atoms with Crippen molar-refractivity contribution in [2.24, 2.45) is 0 Å². The van der Waals surface area contributed by atoms with Crippen LogP contribution in [0.4, 0.5) is 0 Å². The van der Waals surface area contributed by atoms with Crippen molar-refractivity contribution < 1.29 is 14.7 Å². The number of halogens is 1. The molecule has 1 unspecified atom stereocenters. The second kappa shape index (κ2) is 6.50. The van der Waals surface area contributed by atoms with Crippen LogP contribution in [0, 0.1) is 0 Å². The lowest BCUT2D eigenvalue weighted by Gasteiger charge is -2.24. The van der Waals surface area contributed by atoms with Crippen LogP contribution in [0.1, 0.15) is 19.8 Å². The summed E-state index contributed by atoms with van der Waals surface area (Å²) in [6.45, 7) is 2.30. The van der Waals surface area contributed by atoms with Gasteiger partial charge in [-0.25, -0.2) is 4.79 Å². The van der Waals surface area contributed by atoms with Gasteiger partial charge in [-0.3, -0.25) is 4.79 Å². The van der Waals surface area contributed by atoms with E-state index in [-0.39, 0.29) is 11.2 Å². The zero-order valence-electron chi connectivity index (χ0n) is 11.1. The van der Waals surface area contributed by atoms with Crippen molar-refractivity contribution in [3.05, 3.63) is 29.3 Å². The number of hydrogen-bond donors (Lipinski definition) is 1. The summed E-state index contributed by atoms with van der Waals surface area (Å²) in [5, 5.41) is 9.38. The van der Waals surface area contributed by atoms with E-state index in [0.29, 0.717) is 18.0 Å². The number of carboxylic acids is 1. The topological polar surface area (TPSA) is 57.6 Å². The molecular weight excluding hydrogens is 298 g/mol. The summed E-state index contributed by atoms with van der Waals surface area (Å²) in [5.74, 6) is -1.06. The van der Waals surface area contributed by atoms with Gasteiger partial charge in [0.1, 0.15) is 6.04 Å². The van der Waals surface area contributed by atoms with Crippen LogP contribution in [0.3, 0.4) is 0 Å². The Balaban J connectivity index is 2.05. The molecule has 1 amide bonds. The molecular formula is C14H16ClNO3S. The van der Waals surface area contributed by atoms with Gasteiger partial charge in [-0.1, -0.05) is 23.7 Å². The minimum Gasteiger partial charge on any atom is -0.480 e. The Hall–Kier alpha value is -1.20. The summed E-state index contributed by atoms with van der Waals surface area (Å²) in [7, 11) is 0. The number of amides is 1. The van der Waals surface area contributed by atoms with Crippen LogP contribution < -0.4 is 0 Å². The molecule has 4 nitrogen and oxygen atoms in total. The monoisotopic (exact) mass is 313 g/mol. The minimum absolute atomic E-state index is 0.139. The molecule has 6 heteroatoms. The van der Waals surface area contributed by atoms with Gasteiger partial charge in [-0.15, -0.1) is 11.8 Å². The summed E-state index contributed by atoms with van der Waals surface area (Å²) in [6, 6.07) is 6.64. The van der Waals surface area contributed by atoms with Crippen molar-refractivity contribution in [3.8, 4) is 0 Å². The van der Waals surface area contributed by atoms with Gasteiger partial charge in [0.05, 0.1) is 10.3 Å². The molecule has 1 aliphatic rings. The highest BCUT2D eigenvalue weighted by atomic mass is 35.5. The van der Waals surface area contributed by atoms with Gasteiger partial charge < -0.3 is 10.0 Å². The van der Waals surface area contributed by atoms with E-state index in [4.69, 9.17) is 16.7 Å². The third-order valence-corrected chi connectivity index (χ3v) is 4.92. The Morgan fingerprint density at radius 3 is 2.80 bits per heavy atom. The Morgan fingerprint density at radius 1 is 1.45 bits per heavy atom. The Labute approximate surface area is 127 Å². The summed E-state index contributed by atoms with van der Waals surface area (Å²) in [5.41, 5.74) is 0. The van der Waals surface area contributed by atoms with E-state index in [0.717, 1.165) is 11.3 Å². The second-order valence-corrected chi connectivity index (χ2v) is 6.51. The first-order chi connectivity index (χ1) is 9.50. The molecule has 1 aliphatic heterocycles. The van der Waals surface area contributed by atoms with E-state index in [1.165, 1.54) is 16.7 Å². The zero-order chi connectivity index (χ0) is 14.7. The fourth-order valence-electron chi connectivity index (χ4n) is 2.30. The van der Waals surface area contributed by atoms with Crippen molar-refractivity contribution in [1.82, 2.24) is 4.90 Å². The highest BCUT2D eigenvalue weighted by Gasteiger charge is 2.36. The highest BCUT2D eigenvalue weighted by molar-refractivity contribution is 8.00. The number of benzene rings is 1. The van der Waals surface area contributed by atoms with Gasteiger partial charge in [-0.05, 0) is 31.9 Å². The maximum Gasteiger partial charge on any atom is 0.326 e. The van der Waals surface area contributed by atoms with Gasteiger partial charge in [0, 0.05) is 11.4 Å². The predicted octanol–water partition coefficient (Wildman–Crippen LogP) is 2.90. The smallest absolute Gasteiger partial charge is 0.326 e. The van der Waals surface area contributed by atoms with Crippen molar-refractivity contribution in [3.63, 3.8) is 0 Å². The molecule has 0 radical (unpaired) electrons. The first-order valence-electron chi connectivity index (χ1n) is 6.45. The Bertz CT molecular complexity index is 523. The van der Waals surface area contributed by atoms with Crippen molar-refractivity contribution in [2.75, 3.05) is 6.54 Å². The van der Waals surface area contributed by atoms with Crippen LogP contribution in [0.25, 0.3) is 0 Å². The molecule has 1 N–H and O–H groups in total. The summed E-state index contributed by atoms with van der Waals surface area (Å²) < 4.78 is 0. The molecule has 0 aromatic heterocycles. The molecule has 0 aliphatic carbocycles. The molecule has 2 atom stereocenters. The fraction of sp³-hybridized carbons (Fsp3) is 0.429. The van der Waals surface area contributed by atoms with Gasteiger partial charge in [0.15, 0.2) is 0 Å². The number of likely N-dealkylation sites (tertiary alicyclic amines) is 1. The third-order valence-electron chi connectivity index (χ3n) is 3.31. The second-order valence-electron chi connectivity index (χ2n) is 4.72. The van der Waals surface area contributed by atoms with Crippen LogP contribution in [-0.2, 0) is 9.59 Å². The van der Waals surface area contributed by atoms with Crippen molar-refractivity contribution in [1.29, 1.82) is 0 Å². The average Bonchev–Trinajstić information content (AvgIpc) is 2.89. The molecule has 0 bridgehead atoms. The van der Waals surface area contributed by atoms with Crippen LogP contribution >= 0.6 is 23.4 Å². The first kappa shape index (κ1) is 15.2. The van der Waals surface area contributed by atoms with Crippen LogP contribution in [-0.4, -0.2) is 39.7 Å². The lowest BCUT2D eigenvalue weighted by Crippen LogP contribution is -2.43. The minimum atomic E-state index is -0.925. The quantitative estimate of drug-likeness (QED) is 0.868. The Morgan fingerprint density at radius 2 is 2.15 bits per heavy atom. The molecule has 1 heterocycles. The average molecular weight is 314 g/mol. The molecule has 1 aromatic carbocycles. The zero-order valence-corrected chi connectivity index (χ0v) is 12.7. The maximum absolute atomic E-state index is 12.4. The van der Waals surface area contributed by atoms with Crippen LogP contribution in [0.15, 0.2) is 29.2 Å². The largest absolute Gasteiger partial charge is 0.480 e. The molecule has 0 saturated carbocycles. The molecule has 108 valence electrons. The standard InChI is InChI=1S/C14H16ClNO3S/c1-9(20-12-7-3-2-5-10(12)15)13(17)16-8-4-6-11(16)14(18)19/h2-3,5,7,9,11H,4,6,8H2,1H3,(H,18,19)/t9?,11-/m1/s1. The molecule has 2 rings (SSSR count). The van der Waals surface area contributed by atoms with E-state index < -0.39 is 12.0 Å². The van der Waals surface area contributed by atoms with Gasteiger partial charge in [0.25, 0.3) is 0 Å². The SMILES string of the molecule is CC(Sc1ccccc1Cl)C(=O)N1CCC[C@@H]1C(=O)O. The third kappa shape index (κ3) is 3.27. The van der Waals surface area contributed by atoms with Gasteiger partial charge in [0.2, 0.25) is 5.91 Å². The number of hydrogen-bond acceptors (Lipinski definition) is 3. The number of thioether (sulfide) groups is 1. The fourth-order valence-corrected chi connectivity index (χ4v) is 3.53. The number of nitrogens with zero attached hydrogens (tertiary/aromatic N) is 1. The van der Waals surface area contributed by atoms with Crippen molar-refractivity contribution in [2.45, 2.75) is 36.0 Å². The summed E-state index contributed by atoms with van der Waals surface area (Å²) in [4.78, 5) is 25.8. The normalized spacial score (nSPS) is 19.9. The predicted molar refractivity (Wildman–Crippen MR) is 79.1 cm³/mol. The lowest BCUT2D eigenvalue weighted by molar-refractivity contribution is -0.147. The number of aliphatic carboxylic acids is 1. The highest BCUT2D eigenvalue weighted by Crippen LogP contribution is 2.32. The maximum atomic E-state index is 12.4. The molecule has 1 saturated heterocycles. The molecule has 0 spiro atoms. The van der Waals surface area contributed by atoms with Gasteiger partial charge >= 0.3 is 5.97 Å². The van der Waals surface area contributed by atoms with Gasteiger partial charge in [-0.2, -0.15) is 0 Å². The van der Waals surface area contributed by atoms with E-state index in [9.17, 15) is 9.59 Å². The first-order valence-corrected chi connectivity index (χ1v) is 7.71. The number of carbonyl (C=O) groups is 2. The number of carbonyl (C=O) groups excluding carboxylic acids is 1.